The molecule has 1 atom stereocenters. The Bertz CT molecular complexity index is 265. The number of amides is 2. The van der Waals surface area contributed by atoms with E-state index in [9.17, 15) is 9.59 Å². The van der Waals surface area contributed by atoms with Crippen molar-refractivity contribution in [1.82, 2.24) is 5.32 Å². The van der Waals surface area contributed by atoms with E-state index >= 15 is 0 Å². The molecule has 0 aromatic heterocycles. The Balaban J connectivity index is 2.42. The topological polar surface area (TPSA) is 96.0 Å². The van der Waals surface area contributed by atoms with E-state index in [1.54, 1.807) is 6.07 Å². The van der Waals surface area contributed by atoms with Gasteiger partial charge in [0.05, 0.1) is 6.07 Å². The van der Waals surface area contributed by atoms with Crippen LogP contribution in [-0.2, 0) is 9.59 Å². The van der Waals surface area contributed by atoms with Gasteiger partial charge in [0.15, 0.2) is 6.04 Å². The monoisotopic (exact) mass is 181 g/mol. The SMILES string of the molecule is N#CC(NC(=O)C1CCC1)C(N)=O. The van der Waals surface area contributed by atoms with E-state index in [0.717, 1.165) is 19.3 Å². The van der Waals surface area contributed by atoms with Crippen LogP contribution < -0.4 is 11.1 Å². The summed E-state index contributed by atoms with van der Waals surface area (Å²) in [6.45, 7) is 0. The first-order valence-electron chi connectivity index (χ1n) is 4.14. The highest BCUT2D eigenvalue weighted by Crippen LogP contribution is 2.26. The third-order valence-corrected chi connectivity index (χ3v) is 2.18. The highest BCUT2D eigenvalue weighted by atomic mass is 16.2. The zero-order valence-electron chi connectivity index (χ0n) is 7.12. The maximum Gasteiger partial charge on any atom is 0.254 e. The molecule has 0 aromatic carbocycles. The number of hydrogen-bond acceptors (Lipinski definition) is 3. The van der Waals surface area contributed by atoms with E-state index in [1.165, 1.54) is 0 Å². The Kier molecular flexibility index (Phi) is 2.85. The maximum atomic E-state index is 11.2. The van der Waals surface area contributed by atoms with Gasteiger partial charge in [0.2, 0.25) is 5.91 Å². The Morgan fingerprint density at radius 1 is 1.54 bits per heavy atom. The lowest BCUT2D eigenvalue weighted by atomic mass is 9.84. The first kappa shape index (κ1) is 9.52. The van der Waals surface area contributed by atoms with Gasteiger partial charge < -0.3 is 11.1 Å². The molecule has 0 radical (unpaired) electrons. The molecule has 1 rings (SSSR count). The largest absolute Gasteiger partial charge is 0.367 e. The van der Waals surface area contributed by atoms with E-state index < -0.39 is 11.9 Å². The van der Waals surface area contributed by atoms with Crippen molar-refractivity contribution >= 4 is 11.8 Å². The van der Waals surface area contributed by atoms with Crippen LogP contribution in [0.25, 0.3) is 0 Å². The first-order chi connectivity index (χ1) is 6.15. The third kappa shape index (κ3) is 2.18. The molecule has 5 heteroatoms. The summed E-state index contributed by atoms with van der Waals surface area (Å²) in [7, 11) is 0. The summed E-state index contributed by atoms with van der Waals surface area (Å²) >= 11 is 0. The molecule has 1 fully saturated rings. The number of carbonyl (C=O) groups is 2. The highest BCUT2D eigenvalue weighted by Gasteiger charge is 2.28. The van der Waals surface area contributed by atoms with Crippen LogP contribution in [0.4, 0.5) is 0 Å². The number of carbonyl (C=O) groups excluding carboxylic acids is 2. The molecule has 0 saturated heterocycles. The fourth-order valence-corrected chi connectivity index (χ4v) is 1.10. The average molecular weight is 181 g/mol. The van der Waals surface area contributed by atoms with E-state index in [4.69, 9.17) is 11.0 Å². The van der Waals surface area contributed by atoms with Crippen molar-refractivity contribution in [2.75, 3.05) is 0 Å². The number of nitriles is 1. The molecule has 0 bridgehead atoms. The van der Waals surface area contributed by atoms with Crippen LogP contribution in [-0.4, -0.2) is 17.9 Å². The molecule has 2 amide bonds. The number of hydrogen-bond donors (Lipinski definition) is 2. The molecular weight excluding hydrogens is 170 g/mol. The third-order valence-electron chi connectivity index (χ3n) is 2.18. The van der Waals surface area contributed by atoms with Crippen LogP contribution >= 0.6 is 0 Å². The number of nitrogens with one attached hydrogen (secondary N) is 1. The second kappa shape index (κ2) is 3.90. The lowest BCUT2D eigenvalue weighted by molar-refractivity contribution is -0.130. The summed E-state index contributed by atoms with van der Waals surface area (Å²) in [5.41, 5.74) is 4.88. The summed E-state index contributed by atoms with van der Waals surface area (Å²) < 4.78 is 0. The molecule has 3 N–H and O–H groups in total. The molecule has 1 unspecified atom stereocenters. The summed E-state index contributed by atoms with van der Waals surface area (Å²) in [5.74, 6) is -1.08. The van der Waals surface area contributed by atoms with Crippen LogP contribution in [0.15, 0.2) is 0 Å². The lowest BCUT2D eigenvalue weighted by Crippen LogP contribution is -2.46. The van der Waals surface area contributed by atoms with Crippen molar-refractivity contribution in [1.29, 1.82) is 5.26 Å². The van der Waals surface area contributed by atoms with E-state index in [2.05, 4.69) is 5.32 Å². The number of nitrogens with two attached hydrogens (primary N) is 1. The van der Waals surface area contributed by atoms with Crippen molar-refractivity contribution in [3.05, 3.63) is 0 Å². The van der Waals surface area contributed by atoms with Gasteiger partial charge in [0.1, 0.15) is 0 Å². The molecule has 0 heterocycles. The fourth-order valence-electron chi connectivity index (χ4n) is 1.10. The number of primary amides is 1. The molecule has 1 saturated carbocycles. The summed E-state index contributed by atoms with van der Waals surface area (Å²) in [6, 6.07) is 0.442. The van der Waals surface area contributed by atoms with E-state index in [-0.39, 0.29) is 11.8 Å². The van der Waals surface area contributed by atoms with Gasteiger partial charge in [-0.2, -0.15) is 5.26 Å². The maximum absolute atomic E-state index is 11.2. The van der Waals surface area contributed by atoms with Gasteiger partial charge in [-0.25, -0.2) is 0 Å². The molecule has 1 aliphatic carbocycles. The predicted octanol–water partition coefficient (Wildman–Crippen LogP) is -0.720. The van der Waals surface area contributed by atoms with Crippen molar-refractivity contribution in [2.24, 2.45) is 11.7 Å². The first-order valence-corrected chi connectivity index (χ1v) is 4.14. The zero-order chi connectivity index (χ0) is 9.84. The fraction of sp³-hybridized carbons (Fsp3) is 0.625. The molecule has 0 aliphatic heterocycles. The van der Waals surface area contributed by atoms with Gasteiger partial charge in [-0.15, -0.1) is 0 Å². The molecule has 13 heavy (non-hydrogen) atoms. The minimum Gasteiger partial charge on any atom is -0.367 e. The second-order valence-corrected chi connectivity index (χ2v) is 3.10. The predicted molar refractivity (Wildman–Crippen MR) is 44.1 cm³/mol. The molecule has 0 spiro atoms. The number of rotatable bonds is 3. The van der Waals surface area contributed by atoms with Gasteiger partial charge in [0, 0.05) is 5.92 Å². The standard InChI is InChI=1S/C8H11N3O2/c9-4-6(7(10)12)11-8(13)5-2-1-3-5/h5-6H,1-3H2,(H2,10,12)(H,11,13). The quantitative estimate of drug-likeness (QED) is 0.601. The van der Waals surface area contributed by atoms with Crippen molar-refractivity contribution < 1.29 is 9.59 Å². The normalized spacial score (nSPS) is 18.1. The highest BCUT2D eigenvalue weighted by molar-refractivity contribution is 5.89. The van der Waals surface area contributed by atoms with Crippen LogP contribution in [0.5, 0.6) is 0 Å². The van der Waals surface area contributed by atoms with E-state index in [1.807, 2.05) is 0 Å². The summed E-state index contributed by atoms with van der Waals surface area (Å²) in [6.07, 6.45) is 2.71. The van der Waals surface area contributed by atoms with Crippen molar-refractivity contribution in [3.8, 4) is 6.07 Å². The second-order valence-electron chi connectivity index (χ2n) is 3.10. The molecule has 1 aliphatic rings. The van der Waals surface area contributed by atoms with Gasteiger partial charge in [-0.05, 0) is 12.8 Å². The van der Waals surface area contributed by atoms with E-state index in [0.29, 0.717) is 0 Å². The Labute approximate surface area is 75.9 Å². The van der Waals surface area contributed by atoms with Gasteiger partial charge >= 0.3 is 0 Å². The van der Waals surface area contributed by atoms with Gasteiger partial charge in [0.25, 0.3) is 5.91 Å². The van der Waals surface area contributed by atoms with Crippen LogP contribution in [0, 0.1) is 17.2 Å². The molecule has 0 aromatic rings. The summed E-state index contributed by atoms with van der Waals surface area (Å²) in [4.78, 5) is 21.8. The van der Waals surface area contributed by atoms with Crippen LogP contribution in [0.1, 0.15) is 19.3 Å². The zero-order valence-corrected chi connectivity index (χ0v) is 7.12. The van der Waals surface area contributed by atoms with Crippen molar-refractivity contribution in [3.63, 3.8) is 0 Å². The average Bonchev–Trinajstić information content (AvgIpc) is 1.96. The summed E-state index contributed by atoms with van der Waals surface area (Å²) in [5, 5.41) is 10.7. The lowest BCUT2D eigenvalue weighted by Gasteiger charge is -2.24. The minimum atomic E-state index is -1.19. The van der Waals surface area contributed by atoms with Gasteiger partial charge in [-0.3, -0.25) is 9.59 Å². The Hall–Kier alpha value is -1.57. The molecule has 5 nitrogen and oxygen atoms in total. The van der Waals surface area contributed by atoms with Crippen LogP contribution in [0.3, 0.4) is 0 Å². The smallest absolute Gasteiger partial charge is 0.254 e. The Morgan fingerprint density at radius 3 is 2.46 bits per heavy atom. The minimum absolute atomic E-state index is 0.0322. The van der Waals surface area contributed by atoms with Crippen LogP contribution in [0.2, 0.25) is 0 Å². The van der Waals surface area contributed by atoms with Gasteiger partial charge in [-0.1, -0.05) is 6.42 Å². The number of nitrogens with zero attached hydrogens (tertiary/aromatic N) is 1. The Morgan fingerprint density at radius 2 is 2.15 bits per heavy atom. The van der Waals surface area contributed by atoms with Crippen molar-refractivity contribution in [2.45, 2.75) is 25.3 Å². The molecule has 70 valence electrons. The molecular formula is C8H11N3O2.